The molecule has 0 unspecified atom stereocenters. The number of aryl methyl sites for hydroxylation is 2. The molecule has 0 radical (unpaired) electrons. The van der Waals surface area contributed by atoms with Crippen LogP contribution in [0.4, 0.5) is 0 Å². The predicted octanol–water partition coefficient (Wildman–Crippen LogP) is 2.87. The summed E-state index contributed by atoms with van der Waals surface area (Å²) < 4.78 is 18.1. The molecule has 2 heterocycles. The highest BCUT2D eigenvalue weighted by molar-refractivity contribution is 5.98. The van der Waals surface area contributed by atoms with Gasteiger partial charge in [-0.05, 0) is 44.2 Å². The van der Waals surface area contributed by atoms with E-state index in [1.807, 2.05) is 13.0 Å². The minimum absolute atomic E-state index is 0.152. The van der Waals surface area contributed by atoms with E-state index >= 15 is 0 Å². The molecule has 0 saturated carbocycles. The lowest BCUT2D eigenvalue weighted by atomic mass is 10.2. The van der Waals surface area contributed by atoms with Crippen LogP contribution in [0.3, 0.4) is 0 Å². The summed E-state index contributed by atoms with van der Waals surface area (Å²) in [6, 6.07) is 8.97. The van der Waals surface area contributed by atoms with Crippen LogP contribution in [0.15, 0.2) is 35.4 Å². The molecule has 0 fully saturated rings. The van der Waals surface area contributed by atoms with Crippen LogP contribution in [0.5, 0.6) is 17.2 Å². The first-order valence-electron chi connectivity index (χ1n) is 8.88. The van der Waals surface area contributed by atoms with Crippen molar-refractivity contribution in [3.05, 3.63) is 47.3 Å². The fraction of sp³-hybridized carbons (Fsp3) is 0.250. The third-order valence-electron chi connectivity index (χ3n) is 4.58. The normalized spacial score (nSPS) is 12.7. The summed E-state index contributed by atoms with van der Waals surface area (Å²) in [5.41, 5.74) is 5.54. The van der Waals surface area contributed by atoms with Gasteiger partial charge in [0.15, 0.2) is 11.5 Å². The Morgan fingerprint density at radius 3 is 3.00 bits per heavy atom. The maximum Gasteiger partial charge on any atom is 0.271 e. The number of benzene rings is 2. The van der Waals surface area contributed by atoms with Gasteiger partial charge in [0.2, 0.25) is 12.5 Å². The topological polar surface area (TPSA) is 87.0 Å². The van der Waals surface area contributed by atoms with Crippen LogP contribution < -0.4 is 19.6 Å². The molecule has 28 heavy (non-hydrogen) atoms. The molecule has 0 bridgehead atoms. The highest BCUT2D eigenvalue weighted by atomic mass is 16.7. The number of amides is 1. The summed E-state index contributed by atoms with van der Waals surface area (Å²) in [7, 11) is 1.55. The zero-order valence-electron chi connectivity index (χ0n) is 15.9. The van der Waals surface area contributed by atoms with E-state index in [9.17, 15) is 4.79 Å². The molecule has 8 nitrogen and oxygen atoms in total. The second-order valence-electron chi connectivity index (χ2n) is 6.26. The van der Waals surface area contributed by atoms with Crippen LogP contribution >= 0.6 is 0 Å². The molecule has 8 heteroatoms. The number of imidazole rings is 1. The van der Waals surface area contributed by atoms with Gasteiger partial charge in [-0.3, -0.25) is 4.79 Å². The molecular formula is C20H20N4O4. The zero-order valence-corrected chi connectivity index (χ0v) is 15.9. The molecule has 4 rings (SSSR count). The van der Waals surface area contributed by atoms with Crippen molar-refractivity contribution < 1.29 is 19.0 Å². The first kappa shape index (κ1) is 17.8. The number of nitrogens with zero attached hydrogens (tertiary/aromatic N) is 3. The SMILES string of the molecule is CCn1c(C)nc2cc(C(=O)N/N=C/c3cc(OC)c4c(c3)OCO4)ccc21. The van der Waals surface area contributed by atoms with E-state index in [0.717, 1.165) is 23.4 Å². The van der Waals surface area contributed by atoms with Crippen LogP contribution in [-0.2, 0) is 6.54 Å². The van der Waals surface area contributed by atoms with Crippen LogP contribution in [0.25, 0.3) is 11.0 Å². The van der Waals surface area contributed by atoms with Gasteiger partial charge in [0.1, 0.15) is 5.82 Å². The number of nitrogens with one attached hydrogen (secondary N) is 1. The maximum absolute atomic E-state index is 12.4. The Hall–Kier alpha value is -3.55. The van der Waals surface area contributed by atoms with E-state index in [-0.39, 0.29) is 12.7 Å². The number of rotatable bonds is 5. The lowest BCUT2D eigenvalue weighted by Crippen LogP contribution is -2.17. The Kier molecular flexibility index (Phi) is 4.60. The van der Waals surface area contributed by atoms with Crippen molar-refractivity contribution in [1.82, 2.24) is 15.0 Å². The molecule has 1 aromatic heterocycles. The lowest BCUT2D eigenvalue weighted by molar-refractivity contribution is 0.0955. The fourth-order valence-corrected chi connectivity index (χ4v) is 3.25. The first-order chi connectivity index (χ1) is 13.6. The number of fused-ring (bicyclic) bond motifs is 2. The summed E-state index contributed by atoms with van der Waals surface area (Å²) in [6.07, 6.45) is 1.52. The van der Waals surface area contributed by atoms with E-state index in [2.05, 4.69) is 27.0 Å². The van der Waals surface area contributed by atoms with Gasteiger partial charge in [0, 0.05) is 17.7 Å². The first-order valence-corrected chi connectivity index (χ1v) is 8.88. The van der Waals surface area contributed by atoms with E-state index in [1.54, 1.807) is 31.4 Å². The van der Waals surface area contributed by atoms with Crippen molar-refractivity contribution in [1.29, 1.82) is 0 Å². The number of aromatic nitrogens is 2. The van der Waals surface area contributed by atoms with Crippen molar-refractivity contribution in [2.75, 3.05) is 13.9 Å². The Morgan fingerprint density at radius 1 is 1.36 bits per heavy atom. The summed E-state index contributed by atoms with van der Waals surface area (Å²) in [4.78, 5) is 16.9. The van der Waals surface area contributed by atoms with Gasteiger partial charge >= 0.3 is 0 Å². The average molecular weight is 380 g/mol. The second-order valence-corrected chi connectivity index (χ2v) is 6.26. The number of hydrazone groups is 1. The Bertz CT molecular complexity index is 1090. The van der Waals surface area contributed by atoms with E-state index < -0.39 is 0 Å². The number of hydrogen-bond acceptors (Lipinski definition) is 6. The van der Waals surface area contributed by atoms with Gasteiger partial charge in [-0.1, -0.05) is 0 Å². The number of methoxy groups -OCH3 is 1. The summed E-state index contributed by atoms with van der Waals surface area (Å²) >= 11 is 0. The van der Waals surface area contributed by atoms with Crippen LogP contribution in [0.1, 0.15) is 28.7 Å². The minimum Gasteiger partial charge on any atom is -0.493 e. The zero-order chi connectivity index (χ0) is 19.7. The van der Waals surface area contributed by atoms with Crippen LogP contribution in [0.2, 0.25) is 0 Å². The third-order valence-corrected chi connectivity index (χ3v) is 4.58. The molecule has 0 spiro atoms. The second kappa shape index (κ2) is 7.22. The van der Waals surface area contributed by atoms with Crippen molar-refractivity contribution in [3.8, 4) is 17.2 Å². The highest BCUT2D eigenvalue weighted by Crippen LogP contribution is 2.41. The molecule has 144 valence electrons. The standard InChI is InChI=1S/C20H20N4O4/c1-4-24-12(2)22-15-9-14(5-6-16(15)24)20(25)23-21-10-13-7-17(26-3)19-18(8-13)27-11-28-19/h5-10H,4,11H2,1-3H3,(H,23,25)/b21-10+. The smallest absolute Gasteiger partial charge is 0.271 e. The maximum atomic E-state index is 12.4. The highest BCUT2D eigenvalue weighted by Gasteiger charge is 2.19. The molecule has 1 amide bonds. The van der Waals surface area contributed by atoms with Crippen molar-refractivity contribution in [2.24, 2.45) is 5.10 Å². The molecule has 0 aliphatic carbocycles. The summed E-state index contributed by atoms with van der Waals surface area (Å²) in [5.74, 6) is 2.31. The van der Waals surface area contributed by atoms with Crippen molar-refractivity contribution in [3.63, 3.8) is 0 Å². The van der Waals surface area contributed by atoms with Gasteiger partial charge in [0.05, 0.1) is 24.4 Å². The molecule has 2 aromatic carbocycles. The average Bonchev–Trinajstić information content (AvgIpc) is 3.29. The molecule has 3 aromatic rings. The van der Waals surface area contributed by atoms with Crippen LogP contribution in [-0.4, -0.2) is 35.6 Å². The van der Waals surface area contributed by atoms with Crippen LogP contribution in [0, 0.1) is 6.92 Å². The van der Waals surface area contributed by atoms with Gasteiger partial charge in [-0.15, -0.1) is 0 Å². The molecular weight excluding hydrogens is 360 g/mol. The molecule has 0 atom stereocenters. The Labute approximate surface area is 161 Å². The number of ether oxygens (including phenoxy) is 3. The third kappa shape index (κ3) is 3.13. The number of carbonyl (C=O) groups is 1. The van der Waals surface area contributed by atoms with Gasteiger partial charge in [0.25, 0.3) is 5.91 Å². The molecule has 1 aliphatic rings. The van der Waals surface area contributed by atoms with E-state index in [0.29, 0.717) is 28.4 Å². The van der Waals surface area contributed by atoms with Gasteiger partial charge in [-0.25, -0.2) is 10.4 Å². The van der Waals surface area contributed by atoms with E-state index in [1.165, 1.54) is 6.21 Å². The summed E-state index contributed by atoms with van der Waals surface area (Å²) in [5, 5.41) is 4.04. The van der Waals surface area contributed by atoms with E-state index in [4.69, 9.17) is 14.2 Å². The quantitative estimate of drug-likeness (QED) is 0.543. The molecule has 0 saturated heterocycles. The fourth-order valence-electron chi connectivity index (χ4n) is 3.25. The largest absolute Gasteiger partial charge is 0.493 e. The lowest BCUT2D eigenvalue weighted by Gasteiger charge is -2.05. The van der Waals surface area contributed by atoms with Crippen molar-refractivity contribution in [2.45, 2.75) is 20.4 Å². The number of carbonyl (C=O) groups excluding carboxylic acids is 1. The Balaban J connectivity index is 1.51. The molecule has 1 N–H and O–H groups in total. The Morgan fingerprint density at radius 2 is 2.21 bits per heavy atom. The number of hydrogen-bond donors (Lipinski definition) is 1. The van der Waals surface area contributed by atoms with Crippen molar-refractivity contribution >= 4 is 23.2 Å². The van der Waals surface area contributed by atoms with Gasteiger partial charge in [-0.2, -0.15) is 5.10 Å². The monoisotopic (exact) mass is 380 g/mol. The minimum atomic E-state index is -0.311. The predicted molar refractivity (Wildman–Crippen MR) is 104 cm³/mol. The summed E-state index contributed by atoms with van der Waals surface area (Å²) in [6.45, 7) is 5.00. The van der Waals surface area contributed by atoms with Gasteiger partial charge < -0.3 is 18.8 Å². The molecule has 1 aliphatic heterocycles.